The molecule has 7 nitrogen and oxygen atoms in total. The number of nitrogens with one attached hydrogen (secondary N) is 2. The molecule has 2 aromatic heterocycles. The zero-order chi connectivity index (χ0) is 21.5. The van der Waals surface area contributed by atoms with E-state index in [1.165, 1.54) is 6.33 Å². The van der Waals surface area contributed by atoms with E-state index in [1.54, 1.807) is 24.3 Å². The Kier molecular flexibility index (Phi) is 4.69. The number of aryl methyl sites for hydroxylation is 1. The molecule has 2 aromatic carbocycles. The summed E-state index contributed by atoms with van der Waals surface area (Å²) in [5.74, 6) is 0. The summed E-state index contributed by atoms with van der Waals surface area (Å²) in [6, 6.07) is 9.73. The van der Waals surface area contributed by atoms with Crippen LogP contribution in [0.4, 0.5) is 18.9 Å². The van der Waals surface area contributed by atoms with Gasteiger partial charge in [0.25, 0.3) is 10.0 Å². The number of hydrogen-bond acceptors (Lipinski definition) is 5. The van der Waals surface area contributed by atoms with Gasteiger partial charge in [-0.05, 0) is 43.3 Å². The first-order valence-electron chi connectivity index (χ1n) is 8.61. The highest BCUT2D eigenvalue weighted by molar-refractivity contribution is 7.92. The highest BCUT2D eigenvalue weighted by Gasteiger charge is 2.30. The minimum Gasteiger partial charge on any atom is -0.280 e. The third-order valence-electron chi connectivity index (χ3n) is 4.43. The fourth-order valence-electron chi connectivity index (χ4n) is 2.95. The molecule has 0 saturated heterocycles. The van der Waals surface area contributed by atoms with Crippen LogP contribution < -0.4 is 4.72 Å². The number of benzene rings is 2. The molecule has 2 heterocycles. The van der Waals surface area contributed by atoms with Crippen LogP contribution in [0, 0.1) is 6.92 Å². The van der Waals surface area contributed by atoms with E-state index in [-0.39, 0.29) is 10.6 Å². The normalized spacial score (nSPS) is 12.3. The zero-order valence-corrected chi connectivity index (χ0v) is 16.2. The van der Waals surface area contributed by atoms with E-state index >= 15 is 0 Å². The molecule has 154 valence electrons. The largest absolute Gasteiger partial charge is 0.416 e. The van der Waals surface area contributed by atoms with Crippen molar-refractivity contribution in [3.8, 4) is 11.3 Å². The number of halogens is 3. The number of anilines is 1. The Morgan fingerprint density at radius 3 is 2.27 bits per heavy atom. The van der Waals surface area contributed by atoms with E-state index in [4.69, 9.17) is 0 Å². The van der Waals surface area contributed by atoms with E-state index in [0.29, 0.717) is 11.3 Å². The lowest BCUT2D eigenvalue weighted by molar-refractivity contribution is -0.137. The maximum atomic E-state index is 12.7. The Labute approximate surface area is 169 Å². The SMILES string of the molecule is Cc1[nH]nc2ncnc(-c3ccc(NS(=O)(=O)c4ccc(C(F)(F)F)cc4)cc3)c12. The van der Waals surface area contributed by atoms with Crippen LogP contribution in [0.15, 0.2) is 59.8 Å². The number of rotatable bonds is 4. The highest BCUT2D eigenvalue weighted by Crippen LogP contribution is 2.31. The summed E-state index contributed by atoms with van der Waals surface area (Å²) in [5.41, 5.74) is 2.02. The first kappa shape index (κ1) is 19.8. The van der Waals surface area contributed by atoms with Crippen molar-refractivity contribution >= 4 is 26.7 Å². The lowest BCUT2D eigenvalue weighted by atomic mass is 10.1. The molecule has 0 aliphatic carbocycles. The molecule has 0 aliphatic heterocycles. The van der Waals surface area contributed by atoms with Gasteiger partial charge in [0.15, 0.2) is 5.65 Å². The molecular weight excluding hydrogens is 419 g/mol. The number of fused-ring (bicyclic) bond motifs is 1. The molecule has 0 bridgehead atoms. The maximum absolute atomic E-state index is 12.7. The first-order valence-corrected chi connectivity index (χ1v) is 10.1. The van der Waals surface area contributed by atoms with E-state index in [1.807, 2.05) is 6.92 Å². The van der Waals surface area contributed by atoms with Crippen LogP contribution in [0.3, 0.4) is 0 Å². The molecule has 0 aliphatic rings. The molecule has 0 spiro atoms. The lowest BCUT2D eigenvalue weighted by Crippen LogP contribution is -2.13. The average molecular weight is 433 g/mol. The van der Waals surface area contributed by atoms with E-state index in [9.17, 15) is 21.6 Å². The van der Waals surface area contributed by atoms with Crippen molar-refractivity contribution in [2.45, 2.75) is 18.0 Å². The Balaban J connectivity index is 1.59. The van der Waals surface area contributed by atoms with E-state index in [2.05, 4.69) is 24.9 Å². The highest BCUT2D eigenvalue weighted by atomic mass is 32.2. The molecule has 0 amide bonds. The molecule has 30 heavy (non-hydrogen) atoms. The van der Waals surface area contributed by atoms with Crippen molar-refractivity contribution in [3.05, 3.63) is 66.1 Å². The van der Waals surface area contributed by atoms with Crippen molar-refractivity contribution in [2.24, 2.45) is 0 Å². The smallest absolute Gasteiger partial charge is 0.280 e. The monoisotopic (exact) mass is 433 g/mol. The summed E-state index contributed by atoms with van der Waals surface area (Å²) >= 11 is 0. The number of aromatic amines is 1. The van der Waals surface area contributed by atoms with Crippen LogP contribution in [-0.2, 0) is 16.2 Å². The van der Waals surface area contributed by atoms with Gasteiger partial charge >= 0.3 is 6.18 Å². The van der Waals surface area contributed by atoms with Crippen molar-refractivity contribution in [3.63, 3.8) is 0 Å². The van der Waals surface area contributed by atoms with Gasteiger partial charge < -0.3 is 0 Å². The van der Waals surface area contributed by atoms with Gasteiger partial charge in [0.05, 0.1) is 21.5 Å². The summed E-state index contributed by atoms with van der Waals surface area (Å²) in [4.78, 5) is 8.11. The number of alkyl halides is 3. The van der Waals surface area contributed by atoms with Gasteiger partial charge in [-0.25, -0.2) is 18.4 Å². The summed E-state index contributed by atoms with van der Waals surface area (Å²) < 4.78 is 65.3. The quantitative estimate of drug-likeness (QED) is 0.504. The fourth-order valence-corrected chi connectivity index (χ4v) is 4.01. The second kappa shape index (κ2) is 7.10. The number of H-pyrrole nitrogens is 1. The van der Waals surface area contributed by atoms with Crippen LogP contribution in [0.25, 0.3) is 22.3 Å². The number of aromatic nitrogens is 4. The molecule has 0 atom stereocenters. The van der Waals surface area contributed by atoms with Gasteiger partial charge in [-0.2, -0.15) is 18.3 Å². The van der Waals surface area contributed by atoms with Crippen molar-refractivity contribution in [2.75, 3.05) is 4.72 Å². The fraction of sp³-hybridized carbons (Fsp3) is 0.105. The Morgan fingerprint density at radius 1 is 0.967 bits per heavy atom. The van der Waals surface area contributed by atoms with Crippen LogP contribution in [0.2, 0.25) is 0 Å². The Hall–Kier alpha value is -3.47. The molecule has 0 unspecified atom stereocenters. The number of nitrogens with zero attached hydrogens (tertiary/aromatic N) is 3. The van der Waals surface area contributed by atoms with Crippen LogP contribution in [0.1, 0.15) is 11.3 Å². The summed E-state index contributed by atoms with van der Waals surface area (Å²) in [6.45, 7) is 1.84. The molecule has 0 saturated carbocycles. The maximum Gasteiger partial charge on any atom is 0.416 e. The average Bonchev–Trinajstić information content (AvgIpc) is 3.09. The predicted molar refractivity (Wildman–Crippen MR) is 104 cm³/mol. The molecule has 2 N–H and O–H groups in total. The summed E-state index contributed by atoms with van der Waals surface area (Å²) in [5, 5.41) is 7.69. The molecule has 0 fully saturated rings. The van der Waals surface area contributed by atoms with Crippen LogP contribution in [-0.4, -0.2) is 28.6 Å². The predicted octanol–water partition coefficient (Wildman–Crippen LogP) is 4.15. The number of hydrogen-bond donors (Lipinski definition) is 2. The third kappa shape index (κ3) is 3.71. The van der Waals surface area contributed by atoms with Crippen LogP contribution in [0.5, 0.6) is 0 Å². The van der Waals surface area contributed by atoms with E-state index in [0.717, 1.165) is 40.9 Å². The topological polar surface area (TPSA) is 101 Å². The van der Waals surface area contributed by atoms with Gasteiger partial charge in [-0.1, -0.05) is 12.1 Å². The summed E-state index contributed by atoms with van der Waals surface area (Å²) in [7, 11) is -4.04. The lowest BCUT2D eigenvalue weighted by Gasteiger charge is -2.11. The van der Waals surface area contributed by atoms with Gasteiger partial charge in [-0.15, -0.1) is 0 Å². The zero-order valence-electron chi connectivity index (χ0n) is 15.4. The van der Waals surface area contributed by atoms with Gasteiger partial charge in [0.2, 0.25) is 0 Å². The second-order valence-corrected chi connectivity index (χ2v) is 8.16. The third-order valence-corrected chi connectivity index (χ3v) is 5.83. The molecule has 11 heteroatoms. The Morgan fingerprint density at radius 2 is 1.63 bits per heavy atom. The molecule has 4 rings (SSSR count). The van der Waals surface area contributed by atoms with Gasteiger partial charge in [-0.3, -0.25) is 9.82 Å². The molecule has 4 aromatic rings. The Bertz CT molecular complexity index is 1320. The molecule has 0 radical (unpaired) electrons. The minimum absolute atomic E-state index is 0.257. The van der Waals surface area contributed by atoms with Crippen molar-refractivity contribution in [1.82, 2.24) is 20.2 Å². The first-order chi connectivity index (χ1) is 14.1. The second-order valence-electron chi connectivity index (χ2n) is 6.47. The van der Waals surface area contributed by atoms with Crippen molar-refractivity contribution in [1.29, 1.82) is 0 Å². The standard InChI is InChI=1S/C19H14F3N5O2S/c1-11-16-17(23-10-24-18(16)26-25-11)12-2-6-14(7-3-12)27-30(28,29)15-8-4-13(5-9-15)19(20,21)22/h2-10,27H,1H3,(H,23,24,25,26). The van der Waals surface area contributed by atoms with E-state index < -0.39 is 21.8 Å². The van der Waals surface area contributed by atoms with Gasteiger partial charge in [0, 0.05) is 16.9 Å². The minimum atomic E-state index is -4.54. The van der Waals surface area contributed by atoms with Crippen LogP contribution >= 0.6 is 0 Å². The van der Waals surface area contributed by atoms with Crippen molar-refractivity contribution < 1.29 is 21.6 Å². The molecular formula is C19H14F3N5O2S. The number of sulfonamides is 1. The summed E-state index contributed by atoms with van der Waals surface area (Å²) in [6.07, 6.45) is -3.15. The van der Waals surface area contributed by atoms with Gasteiger partial charge in [0.1, 0.15) is 6.33 Å².